The highest BCUT2D eigenvalue weighted by Gasteiger charge is 2.14. The molecule has 1 rings (SSSR count). The number of nitrogens with one attached hydrogen (secondary N) is 3. The van der Waals surface area contributed by atoms with Crippen molar-refractivity contribution in [1.82, 2.24) is 20.9 Å². The number of urea groups is 1. The molecule has 0 saturated carbocycles. The third-order valence-electron chi connectivity index (χ3n) is 2.55. The van der Waals surface area contributed by atoms with E-state index in [1.807, 2.05) is 19.1 Å². The number of amides is 3. The summed E-state index contributed by atoms with van der Waals surface area (Å²) in [7, 11) is 1.46. The predicted octanol–water partition coefficient (Wildman–Crippen LogP) is 0.324. The van der Waals surface area contributed by atoms with Gasteiger partial charge in [0.25, 0.3) is 0 Å². The number of aryl methyl sites for hydroxylation is 1. The number of nitrogens with zero attached hydrogens (tertiary/aromatic N) is 1. The summed E-state index contributed by atoms with van der Waals surface area (Å²) in [5, 5.41) is 7.55. The molecule has 1 aromatic heterocycles. The van der Waals surface area contributed by atoms with Crippen molar-refractivity contribution in [3.8, 4) is 0 Å². The molecule has 18 heavy (non-hydrogen) atoms. The number of rotatable bonds is 4. The second-order valence-corrected chi connectivity index (χ2v) is 3.94. The second kappa shape index (κ2) is 6.70. The Hall–Kier alpha value is -1.95. The molecule has 0 aliphatic rings. The summed E-state index contributed by atoms with van der Waals surface area (Å²) in [5.74, 6) is -0.372. The van der Waals surface area contributed by atoms with Crippen molar-refractivity contribution < 1.29 is 9.59 Å². The number of imide groups is 1. The lowest BCUT2D eigenvalue weighted by molar-refractivity contribution is -0.121. The maximum Gasteiger partial charge on any atom is 0.321 e. The van der Waals surface area contributed by atoms with Gasteiger partial charge in [0, 0.05) is 19.8 Å². The number of pyridine rings is 1. The zero-order chi connectivity index (χ0) is 13.5. The van der Waals surface area contributed by atoms with Gasteiger partial charge in [-0.15, -0.1) is 0 Å². The van der Waals surface area contributed by atoms with E-state index in [-0.39, 0.29) is 5.91 Å². The van der Waals surface area contributed by atoms with Crippen LogP contribution in [-0.2, 0) is 11.3 Å². The first-order valence-corrected chi connectivity index (χ1v) is 5.71. The SMILES string of the molecule is CNC(=O)NC(=O)C(C)NCc1ncccc1C. The summed E-state index contributed by atoms with van der Waals surface area (Å²) in [6.45, 7) is 4.13. The first-order valence-electron chi connectivity index (χ1n) is 5.71. The number of carbonyl (C=O) groups excluding carboxylic acids is 2. The van der Waals surface area contributed by atoms with Crippen LogP contribution >= 0.6 is 0 Å². The Balaban J connectivity index is 2.46. The van der Waals surface area contributed by atoms with Gasteiger partial charge in [-0.3, -0.25) is 15.1 Å². The molecule has 3 N–H and O–H groups in total. The molecule has 6 heteroatoms. The van der Waals surface area contributed by atoms with Crippen LogP contribution in [0.15, 0.2) is 18.3 Å². The van der Waals surface area contributed by atoms with Crippen LogP contribution in [0, 0.1) is 6.92 Å². The lowest BCUT2D eigenvalue weighted by atomic mass is 10.2. The molecule has 3 amide bonds. The Bertz CT molecular complexity index is 434. The highest BCUT2D eigenvalue weighted by molar-refractivity contribution is 5.96. The maximum absolute atomic E-state index is 11.6. The number of carbonyl (C=O) groups is 2. The lowest BCUT2D eigenvalue weighted by Gasteiger charge is -2.13. The van der Waals surface area contributed by atoms with Crippen LogP contribution in [0.25, 0.3) is 0 Å². The first kappa shape index (κ1) is 14.1. The van der Waals surface area contributed by atoms with Gasteiger partial charge in [0.05, 0.1) is 11.7 Å². The highest BCUT2D eigenvalue weighted by Crippen LogP contribution is 2.02. The summed E-state index contributed by atoms with van der Waals surface area (Å²) in [5.41, 5.74) is 1.95. The monoisotopic (exact) mass is 250 g/mol. The van der Waals surface area contributed by atoms with Crippen LogP contribution in [0.2, 0.25) is 0 Å². The Labute approximate surface area is 106 Å². The second-order valence-electron chi connectivity index (χ2n) is 3.94. The van der Waals surface area contributed by atoms with Crippen molar-refractivity contribution in [2.45, 2.75) is 26.4 Å². The van der Waals surface area contributed by atoms with Crippen molar-refractivity contribution in [1.29, 1.82) is 0 Å². The van der Waals surface area contributed by atoms with Crippen LogP contribution in [0.5, 0.6) is 0 Å². The predicted molar refractivity (Wildman–Crippen MR) is 67.9 cm³/mol. The fourth-order valence-corrected chi connectivity index (χ4v) is 1.33. The van der Waals surface area contributed by atoms with E-state index in [2.05, 4.69) is 20.9 Å². The molecule has 0 spiro atoms. The van der Waals surface area contributed by atoms with Gasteiger partial charge in [-0.1, -0.05) is 6.07 Å². The van der Waals surface area contributed by atoms with Gasteiger partial charge in [-0.25, -0.2) is 4.79 Å². The minimum absolute atomic E-state index is 0.372. The molecule has 98 valence electrons. The minimum atomic E-state index is -0.511. The highest BCUT2D eigenvalue weighted by atomic mass is 16.2. The lowest BCUT2D eigenvalue weighted by Crippen LogP contribution is -2.47. The van der Waals surface area contributed by atoms with Crippen molar-refractivity contribution in [2.24, 2.45) is 0 Å². The topological polar surface area (TPSA) is 83.1 Å². The number of hydrogen-bond acceptors (Lipinski definition) is 4. The molecule has 1 unspecified atom stereocenters. The summed E-state index contributed by atoms with van der Waals surface area (Å²) in [6.07, 6.45) is 1.71. The van der Waals surface area contributed by atoms with Crippen LogP contribution in [0.3, 0.4) is 0 Å². The molecule has 0 bridgehead atoms. The van der Waals surface area contributed by atoms with Crippen molar-refractivity contribution in [3.63, 3.8) is 0 Å². The molecule has 0 saturated heterocycles. The maximum atomic E-state index is 11.6. The van der Waals surface area contributed by atoms with Gasteiger partial charge in [0.1, 0.15) is 0 Å². The molecule has 0 fully saturated rings. The van der Waals surface area contributed by atoms with E-state index in [0.29, 0.717) is 6.54 Å². The van der Waals surface area contributed by atoms with E-state index < -0.39 is 12.1 Å². The van der Waals surface area contributed by atoms with Crippen LogP contribution < -0.4 is 16.0 Å². The molecule has 1 heterocycles. The molecule has 0 aromatic carbocycles. The third-order valence-corrected chi connectivity index (χ3v) is 2.55. The van der Waals surface area contributed by atoms with Gasteiger partial charge in [-0.2, -0.15) is 0 Å². The summed E-state index contributed by atoms with van der Waals surface area (Å²) >= 11 is 0. The van der Waals surface area contributed by atoms with Gasteiger partial charge < -0.3 is 10.6 Å². The average molecular weight is 250 g/mol. The fourth-order valence-electron chi connectivity index (χ4n) is 1.33. The number of aromatic nitrogens is 1. The molecule has 1 aromatic rings. The Morgan fingerprint density at radius 2 is 2.17 bits per heavy atom. The third kappa shape index (κ3) is 4.14. The summed E-state index contributed by atoms with van der Waals surface area (Å²) in [4.78, 5) is 26.7. The van der Waals surface area contributed by atoms with Gasteiger partial charge in [-0.05, 0) is 25.5 Å². The van der Waals surface area contributed by atoms with Crippen LogP contribution in [0.1, 0.15) is 18.2 Å². The fraction of sp³-hybridized carbons (Fsp3) is 0.417. The molecule has 1 atom stereocenters. The zero-order valence-electron chi connectivity index (χ0n) is 10.8. The smallest absolute Gasteiger partial charge is 0.321 e. The minimum Gasteiger partial charge on any atom is -0.341 e. The number of hydrogen-bond donors (Lipinski definition) is 3. The van der Waals surface area contributed by atoms with Crippen LogP contribution in [-0.4, -0.2) is 30.0 Å². The Morgan fingerprint density at radius 1 is 1.44 bits per heavy atom. The van der Waals surface area contributed by atoms with Gasteiger partial charge in [0.2, 0.25) is 5.91 Å². The van der Waals surface area contributed by atoms with E-state index >= 15 is 0 Å². The average Bonchev–Trinajstić information content (AvgIpc) is 2.37. The standard InChI is InChI=1S/C12H18N4O2/c1-8-5-4-6-14-10(8)7-15-9(2)11(17)16-12(18)13-3/h4-6,9,15H,7H2,1-3H3,(H2,13,16,17,18). The Kier molecular flexibility index (Phi) is 5.26. The normalized spacial score (nSPS) is 11.7. The first-order chi connectivity index (χ1) is 8.54. The quantitative estimate of drug-likeness (QED) is 0.719. The van der Waals surface area contributed by atoms with Crippen molar-refractivity contribution in [2.75, 3.05) is 7.05 Å². The molecule has 0 radical (unpaired) electrons. The zero-order valence-corrected chi connectivity index (χ0v) is 10.8. The van der Waals surface area contributed by atoms with Gasteiger partial charge >= 0.3 is 6.03 Å². The summed E-state index contributed by atoms with van der Waals surface area (Å²) in [6, 6.07) is 2.84. The van der Waals surface area contributed by atoms with E-state index in [0.717, 1.165) is 11.3 Å². The van der Waals surface area contributed by atoms with E-state index in [1.54, 1.807) is 13.1 Å². The van der Waals surface area contributed by atoms with Crippen molar-refractivity contribution in [3.05, 3.63) is 29.6 Å². The molecule has 0 aliphatic heterocycles. The molecule has 0 aliphatic carbocycles. The van der Waals surface area contributed by atoms with E-state index in [1.165, 1.54) is 7.05 Å². The van der Waals surface area contributed by atoms with Crippen LogP contribution in [0.4, 0.5) is 4.79 Å². The largest absolute Gasteiger partial charge is 0.341 e. The molecular formula is C12H18N4O2. The van der Waals surface area contributed by atoms with Gasteiger partial charge in [0.15, 0.2) is 0 Å². The molecule has 6 nitrogen and oxygen atoms in total. The van der Waals surface area contributed by atoms with E-state index in [9.17, 15) is 9.59 Å². The van der Waals surface area contributed by atoms with Crippen molar-refractivity contribution >= 4 is 11.9 Å². The molecular weight excluding hydrogens is 232 g/mol. The summed E-state index contributed by atoms with van der Waals surface area (Å²) < 4.78 is 0. The van der Waals surface area contributed by atoms with E-state index in [4.69, 9.17) is 0 Å². The Morgan fingerprint density at radius 3 is 2.78 bits per heavy atom.